The van der Waals surface area contributed by atoms with Crippen molar-refractivity contribution < 1.29 is 9.90 Å². The molecule has 2 heterocycles. The van der Waals surface area contributed by atoms with Gasteiger partial charge >= 0.3 is 5.97 Å². The SMILES string of the molecule is O=C(O)c1cccnc1N1CCN(Cc2ccc(Sc3ccccc3)cc2)CC1. The fourth-order valence-corrected chi connectivity index (χ4v) is 4.32. The second-order valence-electron chi connectivity index (χ2n) is 7.00. The minimum absolute atomic E-state index is 0.271. The summed E-state index contributed by atoms with van der Waals surface area (Å²) >= 11 is 1.77. The van der Waals surface area contributed by atoms with Gasteiger partial charge < -0.3 is 10.0 Å². The highest BCUT2D eigenvalue weighted by atomic mass is 32.2. The van der Waals surface area contributed by atoms with Crippen molar-refractivity contribution in [3.63, 3.8) is 0 Å². The highest BCUT2D eigenvalue weighted by Crippen LogP contribution is 2.27. The van der Waals surface area contributed by atoms with Gasteiger partial charge in [-0.25, -0.2) is 9.78 Å². The molecule has 5 nitrogen and oxygen atoms in total. The number of pyridine rings is 1. The van der Waals surface area contributed by atoms with Crippen LogP contribution in [0.1, 0.15) is 15.9 Å². The summed E-state index contributed by atoms with van der Waals surface area (Å²) in [4.78, 5) is 22.7. The molecular weight excluding hydrogens is 382 g/mol. The van der Waals surface area contributed by atoms with Crippen LogP contribution in [0.2, 0.25) is 0 Å². The van der Waals surface area contributed by atoms with Crippen molar-refractivity contribution in [2.24, 2.45) is 0 Å². The smallest absolute Gasteiger partial charge is 0.339 e. The van der Waals surface area contributed by atoms with Crippen LogP contribution in [0.5, 0.6) is 0 Å². The number of aromatic nitrogens is 1. The summed E-state index contributed by atoms with van der Waals surface area (Å²) in [6, 6.07) is 22.4. The highest BCUT2D eigenvalue weighted by molar-refractivity contribution is 7.99. The van der Waals surface area contributed by atoms with E-state index in [1.807, 2.05) is 6.07 Å². The molecule has 0 saturated carbocycles. The predicted octanol–water partition coefficient (Wildman–Crippen LogP) is 4.25. The van der Waals surface area contributed by atoms with Crippen LogP contribution in [0, 0.1) is 0 Å². The molecule has 1 aromatic heterocycles. The van der Waals surface area contributed by atoms with Gasteiger partial charge in [-0.2, -0.15) is 0 Å². The standard InChI is InChI=1S/C23H23N3O2S/c27-23(28)21-7-4-12-24-22(21)26-15-13-25(14-16-26)17-18-8-10-20(11-9-18)29-19-5-2-1-3-6-19/h1-12H,13-17H2,(H,27,28). The number of carboxylic acid groups (broad SMARTS) is 1. The fourth-order valence-electron chi connectivity index (χ4n) is 3.48. The molecule has 0 amide bonds. The number of anilines is 1. The van der Waals surface area contributed by atoms with E-state index in [4.69, 9.17) is 0 Å². The van der Waals surface area contributed by atoms with Crippen molar-refractivity contribution >= 4 is 23.5 Å². The van der Waals surface area contributed by atoms with Gasteiger partial charge in [-0.3, -0.25) is 4.90 Å². The Labute approximate surface area is 175 Å². The third-order valence-corrected chi connectivity index (χ3v) is 6.01. The normalized spacial score (nSPS) is 14.7. The minimum atomic E-state index is -0.927. The number of hydrogen-bond acceptors (Lipinski definition) is 5. The number of piperazine rings is 1. The van der Waals surface area contributed by atoms with Gasteiger partial charge in [0.1, 0.15) is 11.4 Å². The number of rotatable bonds is 6. The Morgan fingerprint density at radius 1 is 0.897 bits per heavy atom. The zero-order chi connectivity index (χ0) is 20.1. The first kappa shape index (κ1) is 19.5. The van der Waals surface area contributed by atoms with Gasteiger partial charge in [0.05, 0.1) is 0 Å². The topological polar surface area (TPSA) is 56.7 Å². The van der Waals surface area contributed by atoms with Crippen LogP contribution < -0.4 is 4.90 Å². The average molecular weight is 406 g/mol. The molecule has 2 aromatic carbocycles. The fraction of sp³-hybridized carbons (Fsp3) is 0.217. The third kappa shape index (κ3) is 4.96. The van der Waals surface area contributed by atoms with E-state index in [-0.39, 0.29) is 5.56 Å². The molecule has 3 aromatic rings. The van der Waals surface area contributed by atoms with Crippen LogP contribution in [-0.4, -0.2) is 47.1 Å². The number of nitrogens with zero attached hydrogens (tertiary/aromatic N) is 3. The van der Waals surface area contributed by atoms with Crippen LogP contribution in [0.15, 0.2) is 82.7 Å². The van der Waals surface area contributed by atoms with E-state index in [0.717, 1.165) is 32.7 Å². The van der Waals surface area contributed by atoms with Gasteiger partial charge in [-0.05, 0) is 42.0 Å². The maximum Gasteiger partial charge on any atom is 0.339 e. The summed E-state index contributed by atoms with van der Waals surface area (Å²) in [6.45, 7) is 4.23. The Morgan fingerprint density at radius 3 is 2.28 bits per heavy atom. The first-order valence-electron chi connectivity index (χ1n) is 9.66. The van der Waals surface area contributed by atoms with Crippen molar-refractivity contribution in [3.8, 4) is 0 Å². The molecule has 1 aliphatic rings. The molecule has 148 valence electrons. The van der Waals surface area contributed by atoms with Gasteiger partial charge in [0.15, 0.2) is 0 Å². The maximum absolute atomic E-state index is 11.4. The molecule has 6 heteroatoms. The molecule has 0 unspecified atom stereocenters. The second-order valence-corrected chi connectivity index (χ2v) is 8.15. The summed E-state index contributed by atoms with van der Waals surface area (Å²) in [7, 11) is 0. The van der Waals surface area contributed by atoms with E-state index < -0.39 is 5.97 Å². The first-order chi connectivity index (χ1) is 14.2. The van der Waals surface area contributed by atoms with Gasteiger partial charge in [-0.1, -0.05) is 42.1 Å². The Hall–Kier alpha value is -2.83. The molecule has 1 N–H and O–H groups in total. The van der Waals surface area contributed by atoms with Crippen LogP contribution in [0.25, 0.3) is 0 Å². The van der Waals surface area contributed by atoms with Crippen molar-refractivity contribution in [1.82, 2.24) is 9.88 Å². The zero-order valence-electron chi connectivity index (χ0n) is 16.1. The Morgan fingerprint density at radius 2 is 1.59 bits per heavy atom. The van der Waals surface area contributed by atoms with E-state index in [2.05, 4.69) is 63.3 Å². The number of hydrogen-bond donors (Lipinski definition) is 1. The van der Waals surface area contributed by atoms with Crippen molar-refractivity contribution in [3.05, 3.63) is 84.1 Å². The van der Waals surface area contributed by atoms with Gasteiger partial charge in [0, 0.05) is 48.7 Å². The lowest BCUT2D eigenvalue weighted by molar-refractivity contribution is 0.0697. The van der Waals surface area contributed by atoms with Crippen LogP contribution in [-0.2, 0) is 6.54 Å². The molecule has 1 saturated heterocycles. The average Bonchev–Trinajstić information content (AvgIpc) is 2.76. The third-order valence-electron chi connectivity index (χ3n) is 5.00. The van der Waals surface area contributed by atoms with Gasteiger partial charge in [-0.15, -0.1) is 0 Å². The molecule has 1 aliphatic heterocycles. The van der Waals surface area contributed by atoms with E-state index in [9.17, 15) is 9.90 Å². The van der Waals surface area contributed by atoms with Crippen LogP contribution >= 0.6 is 11.8 Å². The van der Waals surface area contributed by atoms with E-state index in [0.29, 0.717) is 5.82 Å². The Balaban J connectivity index is 1.32. The monoisotopic (exact) mass is 405 g/mol. The molecule has 0 aliphatic carbocycles. The summed E-state index contributed by atoms with van der Waals surface area (Å²) in [5, 5.41) is 9.38. The first-order valence-corrected chi connectivity index (χ1v) is 10.5. The molecule has 0 spiro atoms. The lowest BCUT2D eigenvalue weighted by Crippen LogP contribution is -2.46. The summed E-state index contributed by atoms with van der Waals surface area (Å²) in [5.41, 5.74) is 1.56. The molecule has 1 fully saturated rings. The van der Waals surface area contributed by atoms with Crippen molar-refractivity contribution in [2.75, 3.05) is 31.1 Å². The largest absolute Gasteiger partial charge is 0.478 e. The summed E-state index contributed by atoms with van der Waals surface area (Å²) in [5.74, 6) is -0.356. The highest BCUT2D eigenvalue weighted by Gasteiger charge is 2.22. The van der Waals surface area contributed by atoms with E-state index >= 15 is 0 Å². The van der Waals surface area contributed by atoms with Gasteiger partial charge in [0.25, 0.3) is 0 Å². The Bertz CT molecular complexity index is 955. The zero-order valence-corrected chi connectivity index (χ0v) is 16.9. The number of benzene rings is 2. The maximum atomic E-state index is 11.4. The van der Waals surface area contributed by atoms with Crippen molar-refractivity contribution in [2.45, 2.75) is 16.3 Å². The molecule has 0 radical (unpaired) electrons. The number of carboxylic acids is 1. The summed E-state index contributed by atoms with van der Waals surface area (Å²) < 4.78 is 0. The molecular formula is C23H23N3O2S. The number of carbonyl (C=O) groups is 1. The van der Waals surface area contributed by atoms with E-state index in [1.165, 1.54) is 15.4 Å². The molecule has 29 heavy (non-hydrogen) atoms. The second kappa shape index (κ2) is 9.11. The van der Waals surface area contributed by atoms with Crippen LogP contribution in [0.4, 0.5) is 5.82 Å². The molecule has 0 atom stereocenters. The summed E-state index contributed by atoms with van der Waals surface area (Å²) in [6.07, 6.45) is 1.66. The van der Waals surface area contributed by atoms with Crippen LogP contribution in [0.3, 0.4) is 0 Å². The lowest BCUT2D eigenvalue weighted by Gasteiger charge is -2.35. The predicted molar refractivity (Wildman–Crippen MR) is 116 cm³/mol. The minimum Gasteiger partial charge on any atom is -0.478 e. The van der Waals surface area contributed by atoms with Gasteiger partial charge in [0.2, 0.25) is 0 Å². The molecule has 4 rings (SSSR count). The molecule has 0 bridgehead atoms. The van der Waals surface area contributed by atoms with E-state index in [1.54, 1.807) is 30.1 Å². The number of aromatic carboxylic acids is 1. The Kier molecular flexibility index (Phi) is 6.12. The van der Waals surface area contributed by atoms with Crippen molar-refractivity contribution in [1.29, 1.82) is 0 Å². The quantitative estimate of drug-likeness (QED) is 0.662. The lowest BCUT2D eigenvalue weighted by atomic mass is 10.2.